The largest absolute Gasteiger partial charge is 0.398 e. The van der Waals surface area contributed by atoms with Crippen LogP contribution in [0.25, 0.3) is 11.1 Å². The minimum Gasteiger partial charge on any atom is -0.398 e. The highest BCUT2D eigenvalue weighted by molar-refractivity contribution is 5.86. The number of hydrogen-bond donors (Lipinski definition) is 1. The van der Waals surface area contributed by atoms with Gasteiger partial charge < -0.3 is 5.73 Å². The Hall–Kier alpha value is -2.96. The van der Waals surface area contributed by atoms with Crippen molar-refractivity contribution in [2.24, 2.45) is 0 Å². The first-order valence-electron chi connectivity index (χ1n) is 5.70. The van der Waals surface area contributed by atoms with Crippen LogP contribution in [0.15, 0.2) is 36.4 Å². The average Bonchev–Trinajstić information content (AvgIpc) is 2.40. The van der Waals surface area contributed by atoms with Crippen LogP contribution in [-0.2, 0) is 0 Å². The van der Waals surface area contributed by atoms with E-state index in [9.17, 15) is 20.2 Å². The molecule has 0 unspecified atom stereocenters. The molecule has 0 fully saturated rings. The topological polar surface area (TPSA) is 112 Å². The van der Waals surface area contributed by atoms with Gasteiger partial charge in [0.15, 0.2) is 0 Å². The Morgan fingerprint density at radius 1 is 1.00 bits per heavy atom. The molecule has 0 aliphatic carbocycles. The van der Waals surface area contributed by atoms with E-state index in [1.807, 2.05) is 6.92 Å². The van der Waals surface area contributed by atoms with Crippen molar-refractivity contribution in [2.45, 2.75) is 6.92 Å². The van der Waals surface area contributed by atoms with Gasteiger partial charge in [-0.25, -0.2) is 0 Å². The molecule has 0 amide bonds. The van der Waals surface area contributed by atoms with Gasteiger partial charge in [-0.3, -0.25) is 20.2 Å². The summed E-state index contributed by atoms with van der Waals surface area (Å²) < 4.78 is 0. The second-order valence-electron chi connectivity index (χ2n) is 4.28. The van der Waals surface area contributed by atoms with Crippen LogP contribution >= 0.6 is 0 Å². The Morgan fingerprint density at radius 2 is 1.70 bits per heavy atom. The highest BCUT2D eigenvalue weighted by Crippen LogP contribution is 2.39. The molecule has 0 radical (unpaired) electrons. The fourth-order valence-electron chi connectivity index (χ4n) is 1.99. The number of hydrogen-bond acceptors (Lipinski definition) is 5. The molecule has 102 valence electrons. The van der Waals surface area contributed by atoms with Gasteiger partial charge in [0.25, 0.3) is 0 Å². The lowest BCUT2D eigenvalue weighted by atomic mass is 9.99. The smallest absolute Gasteiger partial charge is 0.353 e. The zero-order valence-electron chi connectivity index (χ0n) is 10.6. The third-order valence-electron chi connectivity index (χ3n) is 2.89. The van der Waals surface area contributed by atoms with Crippen LogP contribution in [0.1, 0.15) is 5.56 Å². The molecule has 2 aromatic carbocycles. The van der Waals surface area contributed by atoms with Gasteiger partial charge >= 0.3 is 11.4 Å². The molecule has 2 rings (SSSR count). The summed E-state index contributed by atoms with van der Waals surface area (Å²) in [6.07, 6.45) is 0. The Labute approximate surface area is 113 Å². The van der Waals surface area contributed by atoms with E-state index in [1.165, 1.54) is 12.1 Å². The third kappa shape index (κ3) is 2.28. The summed E-state index contributed by atoms with van der Waals surface area (Å²) in [7, 11) is 0. The van der Waals surface area contributed by atoms with Crippen LogP contribution in [0, 0.1) is 27.2 Å². The van der Waals surface area contributed by atoms with E-state index in [0.717, 1.165) is 11.6 Å². The molecule has 0 spiro atoms. The molecule has 0 saturated heterocycles. The lowest BCUT2D eigenvalue weighted by Gasteiger charge is -2.08. The van der Waals surface area contributed by atoms with Gasteiger partial charge in [-0.1, -0.05) is 17.7 Å². The summed E-state index contributed by atoms with van der Waals surface area (Å²) in [4.78, 5) is 20.6. The Morgan fingerprint density at radius 3 is 2.30 bits per heavy atom. The fourth-order valence-corrected chi connectivity index (χ4v) is 1.99. The van der Waals surface area contributed by atoms with E-state index in [0.29, 0.717) is 11.3 Å². The van der Waals surface area contributed by atoms with Crippen molar-refractivity contribution in [1.82, 2.24) is 0 Å². The normalized spacial score (nSPS) is 10.2. The molecule has 20 heavy (non-hydrogen) atoms. The van der Waals surface area contributed by atoms with Crippen LogP contribution in [0.3, 0.4) is 0 Å². The number of benzene rings is 2. The molecule has 7 heteroatoms. The second kappa shape index (κ2) is 4.96. The summed E-state index contributed by atoms with van der Waals surface area (Å²) >= 11 is 0. The average molecular weight is 273 g/mol. The number of anilines is 1. The van der Waals surface area contributed by atoms with Gasteiger partial charge in [-0.2, -0.15) is 0 Å². The molecule has 0 aliphatic rings. The summed E-state index contributed by atoms with van der Waals surface area (Å²) in [6.45, 7) is 1.81. The molecule has 0 atom stereocenters. The number of nitro groups is 2. The Kier molecular flexibility index (Phi) is 3.34. The van der Waals surface area contributed by atoms with Crippen molar-refractivity contribution in [3.63, 3.8) is 0 Å². The SMILES string of the molecule is Cc1ccc(N)c(-c2cccc([N+](=O)[O-])c2[N+](=O)[O-])c1. The molecule has 2 N–H and O–H groups in total. The Balaban J connectivity index is 2.80. The van der Waals surface area contributed by atoms with Gasteiger partial charge in [-0.05, 0) is 25.1 Å². The highest BCUT2D eigenvalue weighted by Gasteiger charge is 2.29. The molecule has 0 saturated carbocycles. The van der Waals surface area contributed by atoms with Crippen LogP contribution in [0.4, 0.5) is 17.1 Å². The first-order chi connectivity index (χ1) is 9.41. The van der Waals surface area contributed by atoms with Crippen molar-refractivity contribution in [3.8, 4) is 11.1 Å². The number of nitro benzene ring substituents is 2. The molecule has 0 aromatic heterocycles. The zero-order valence-corrected chi connectivity index (χ0v) is 10.6. The minimum atomic E-state index is -0.770. The van der Waals surface area contributed by atoms with Gasteiger partial charge in [0.2, 0.25) is 0 Å². The molecular formula is C13H11N3O4. The number of nitrogens with two attached hydrogens (primary N) is 1. The monoisotopic (exact) mass is 273 g/mol. The lowest BCUT2D eigenvalue weighted by molar-refractivity contribution is -0.422. The standard InChI is InChI=1S/C13H11N3O4/c1-8-5-6-11(14)10(7-8)9-3-2-4-12(15(17)18)13(9)16(19)20/h2-7H,14H2,1H3. The van der Waals surface area contributed by atoms with Crippen LogP contribution in [0.2, 0.25) is 0 Å². The molecular weight excluding hydrogens is 262 g/mol. The zero-order chi connectivity index (χ0) is 14.9. The number of para-hydroxylation sites is 1. The Bertz CT molecular complexity index is 713. The van der Waals surface area contributed by atoms with Crippen molar-refractivity contribution >= 4 is 17.1 Å². The molecule has 0 bridgehead atoms. The number of aryl methyl sites for hydroxylation is 1. The predicted molar refractivity (Wildman–Crippen MR) is 74.3 cm³/mol. The van der Waals surface area contributed by atoms with E-state index < -0.39 is 21.2 Å². The third-order valence-corrected chi connectivity index (χ3v) is 2.89. The number of nitrogen functional groups attached to an aromatic ring is 1. The maximum atomic E-state index is 11.2. The van der Waals surface area contributed by atoms with Gasteiger partial charge in [0, 0.05) is 17.3 Å². The van der Waals surface area contributed by atoms with Crippen molar-refractivity contribution in [1.29, 1.82) is 0 Å². The van der Waals surface area contributed by atoms with E-state index in [4.69, 9.17) is 5.73 Å². The predicted octanol–water partition coefficient (Wildman–Crippen LogP) is 3.06. The molecule has 0 aliphatic heterocycles. The molecule has 7 nitrogen and oxygen atoms in total. The van der Waals surface area contributed by atoms with E-state index >= 15 is 0 Å². The second-order valence-corrected chi connectivity index (χ2v) is 4.28. The van der Waals surface area contributed by atoms with E-state index in [2.05, 4.69) is 0 Å². The van der Waals surface area contributed by atoms with Crippen molar-refractivity contribution < 1.29 is 9.85 Å². The fraction of sp³-hybridized carbons (Fsp3) is 0.0769. The minimum absolute atomic E-state index is 0.144. The summed E-state index contributed by atoms with van der Waals surface area (Å²) in [5.74, 6) is 0. The van der Waals surface area contributed by atoms with Crippen molar-refractivity contribution in [3.05, 3.63) is 62.2 Å². The first-order valence-corrected chi connectivity index (χ1v) is 5.70. The first kappa shape index (κ1) is 13.5. The quantitative estimate of drug-likeness (QED) is 0.524. The number of nitrogens with zero attached hydrogens (tertiary/aromatic N) is 2. The van der Waals surface area contributed by atoms with E-state index in [1.54, 1.807) is 18.2 Å². The number of rotatable bonds is 3. The summed E-state index contributed by atoms with van der Waals surface area (Å²) in [5, 5.41) is 22.1. The van der Waals surface area contributed by atoms with Crippen LogP contribution < -0.4 is 5.73 Å². The maximum absolute atomic E-state index is 11.2. The van der Waals surface area contributed by atoms with Crippen LogP contribution in [0.5, 0.6) is 0 Å². The van der Waals surface area contributed by atoms with Gasteiger partial charge in [0.05, 0.1) is 15.4 Å². The van der Waals surface area contributed by atoms with Crippen LogP contribution in [-0.4, -0.2) is 9.85 Å². The molecule has 0 heterocycles. The van der Waals surface area contributed by atoms with Gasteiger partial charge in [0.1, 0.15) is 0 Å². The molecule has 2 aromatic rings. The summed E-state index contributed by atoms with van der Waals surface area (Å²) in [6, 6.07) is 9.02. The van der Waals surface area contributed by atoms with E-state index in [-0.39, 0.29) is 5.56 Å². The lowest BCUT2D eigenvalue weighted by Crippen LogP contribution is -2.00. The van der Waals surface area contributed by atoms with Crippen molar-refractivity contribution in [2.75, 3.05) is 5.73 Å². The highest BCUT2D eigenvalue weighted by atomic mass is 16.6. The van der Waals surface area contributed by atoms with Gasteiger partial charge in [-0.15, -0.1) is 0 Å². The maximum Gasteiger partial charge on any atom is 0.353 e. The summed E-state index contributed by atoms with van der Waals surface area (Å²) in [5.41, 5.74) is 6.48.